The molecule has 1 aliphatic heterocycles. The summed E-state index contributed by atoms with van der Waals surface area (Å²) in [6.07, 6.45) is 11.7. The summed E-state index contributed by atoms with van der Waals surface area (Å²) in [6.45, 7) is 8.85. The Balaban J connectivity index is 1.34. The van der Waals surface area contributed by atoms with E-state index in [1.165, 1.54) is 21.3 Å². The summed E-state index contributed by atoms with van der Waals surface area (Å²) in [5.74, 6) is 1.42. The van der Waals surface area contributed by atoms with E-state index in [1.54, 1.807) is 43.4 Å². The highest BCUT2D eigenvalue weighted by molar-refractivity contribution is 5.89. The molecular formula is C53H74N2O12. The maximum absolute atomic E-state index is 14.5. The van der Waals surface area contributed by atoms with Gasteiger partial charge in [0, 0.05) is 19.7 Å². The second kappa shape index (κ2) is 26.2. The van der Waals surface area contributed by atoms with Gasteiger partial charge in [0.15, 0.2) is 29.6 Å². The van der Waals surface area contributed by atoms with Crippen LogP contribution in [0.3, 0.4) is 0 Å². The van der Waals surface area contributed by atoms with Gasteiger partial charge in [-0.05, 0) is 144 Å². The van der Waals surface area contributed by atoms with Gasteiger partial charge >= 0.3 is 5.97 Å². The van der Waals surface area contributed by atoms with E-state index in [4.69, 9.17) is 42.6 Å². The third-order valence-corrected chi connectivity index (χ3v) is 12.7. The summed E-state index contributed by atoms with van der Waals surface area (Å²) in [5.41, 5.74) is 1.71. The third kappa shape index (κ3) is 14.5. The van der Waals surface area contributed by atoms with Gasteiger partial charge in [-0.25, -0.2) is 4.79 Å². The number of hydrogen-bond donors (Lipinski definition) is 1. The number of carbonyl (C=O) groups is 3. The van der Waals surface area contributed by atoms with E-state index in [9.17, 15) is 14.4 Å². The molecule has 14 nitrogen and oxygen atoms in total. The molecule has 0 spiro atoms. The van der Waals surface area contributed by atoms with Gasteiger partial charge in [-0.3, -0.25) is 9.59 Å². The van der Waals surface area contributed by atoms with Crippen LogP contribution in [0.15, 0.2) is 66.7 Å². The van der Waals surface area contributed by atoms with E-state index >= 15 is 0 Å². The van der Waals surface area contributed by atoms with Crippen LogP contribution in [0.25, 0.3) is 0 Å². The van der Waals surface area contributed by atoms with E-state index < -0.39 is 29.6 Å². The van der Waals surface area contributed by atoms with Crippen LogP contribution in [0.5, 0.6) is 34.5 Å². The molecule has 1 saturated heterocycles. The Morgan fingerprint density at radius 1 is 0.776 bits per heavy atom. The van der Waals surface area contributed by atoms with Crippen molar-refractivity contribution >= 4 is 17.8 Å². The van der Waals surface area contributed by atoms with Gasteiger partial charge in [-0.1, -0.05) is 37.3 Å². The van der Waals surface area contributed by atoms with Gasteiger partial charge in [-0.2, -0.15) is 0 Å². The lowest BCUT2D eigenvalue weighted by Gasteiger charge is -2.37. The summed E-state index contributed by atoms with van der Waals surface area (Å²) in [4.78, 5) is 44.1. The summed E-state index contributed by atoms with van der Waals surface area (Å²) in [6, 6.07) is 15.8. The smallest absolute Gasteiger partial charge is 0.329 e. The molecule has 1 N–H and O–H groups in total. The highest BCUT2D eigenvalue weighted by atomic mass is 16.6. The zero-order valence-electron chi connectivity index (χ0n) is 41.2. The maximum atomic E-state index is 14.5. The van der Waals surface area contributed by atoms with Gasteiger partial charge in [0.05, 0.1) is 53.2 Å². The number of benzene rings is 3. The Kier molecular flexibility index (Phi) is 20.5. The van der Waals surface area contributed by atoms with E-state index in [2.05, 4.69) is 17.5 Å². The molecule has 0 bridgehead atoms. The highest BCUT2D eigenvalue weighted by Gasteiger charge is 2.38. The lowest BCUT2D eigenvalue weighted by molar-refractivity contribution is -0.162. The number of esters is 1. The molecule has 3 aromatic carbocycles. The molecule has 1 heterocycles. The Hall–Kier alpha value is -5.47. The van der Waals surface area contributed by atoms with Crippen molar-refractivity contribution in [1.29, 1.82) is 0 Å². The lowest BCUT2D eigenvalue weighted by Crippen LogP contribution is -2.50. The Morgan fingerprint density at radius 3 is 2.19 bits per heavy atom. The second-order valence-electron chi connectivity index (χ2n) is 17.5. The molecule has 1 fully saturated rings. The summed E-state index contributed by atoms with van der Waals surface area (Å²) < 4.78 is 53.1. The monoisotopic (exact) mass is 931 g/mol. The predicted octanol–water partition coefficient (Wildman–Crippen LogP) is 9.11. The van der Waals surface area contributed by atoms with Gasteiger partial charge in [0.1, 0.15) is 24.0 Å². The standard InChI is InChI=1S/C53H74N2O12/c1-10-41(38-32-46(61-7)50(63-9)47(33-38)62-8)51(57)55-29-18-17-24-42(55)52(58)67-43(27-25-36-26-28-44(59-5)45(30-36)60-6)37-20-19-23-40(31-37)64-35-49(56)54-34-48(53(3,4)65-11-2)66-39-21-15-13-12-14-16-22-39/h12-13,19-20,23,26,28,30-33,39,41-43,48H,10-11,14-18,21-22,24-25,27,29,34-35H2,1-9H3,(H,54,56)/b13-12+/t39?,41-,42-,43+,48?/m0/s1. The average molecular weight is 931 g/mol. The number of amides is 2. The van der Waals surface area contributed by atoms with Crippen LogP contribution in [-0.2, 0) is 35.0 Å². The van der Waals surface area contributed by atoms with Crippen molar-refractivity contribution in [2.24, 2.45) is 0 Å². The van der Waals surface area contributed by atoms with Crippen molar-refractivity contribution in [3.05, 3.63) is 83.4 Å². The van der Waals surface area contributed by atoms with Crippen molar-refractivity contribution in [3.8, 4) is 34.5 Å². The van der Waals surface area contributed by atoms with Crippen LogP contribution in [0.2, 0.25) is 0 Å². The molecule has 5 rings (SSSR count). The van der Waals surface area contributed by atoms with Crippen LogP contribution < -0.4 is 33.7 Å². The average Bonchev–Trinajstić information content (AvgIpc) is 3.33. The SMILES string of the molecule is CCOC(C)(C)C(CNC(=O)COc1cccc([C@@H](CCc2ccc(OC)c(OC)c2)OC(=O)[C@@H]2CCCCN2C(=O)[C@@H](CC)c2cc(OC)c(OC)c(OC)c2)c1)OC1CC/C=C/CCC1. The molecule has 0 saturated carbocycles. The van der Waals surface area contributed by atoms with E-state index in [0.717, 1.165) is 50.5 Å². The number of aryl methyl sites for hydroxylation is 1. The minimum atomic E-state index is -0.798. The molecule has 1 aliphatic carbocycles. The largest absolute Gasteiger partial charge is 0.493 e. The summed E-state index contributed by atoms with van der Waals surface area (Å²) in [5, 5.41) is 3.02. The van der Waals surface area contributed by atoms with Crippen molar-refractivity contribution in [2.45, 2.75) is 134 Å². The number of carbonyl (C=O) groups excluding carboxylic acids is 3. The number of methoxy groups -OCH3 is 5. The first-order valence-electron chi connectivity index (χ1n) is 23.9. The first-order chi connectivity index (χ1) is 32.4. The molecule has 3 aromatic rings. The maximum Gasteiger partial charge on any atom is 0.329 e. The minimum absolute atomic E-state index is 0.0721. The van der Waals surface area contributed by atoms with Crippen molar-refractivity contribution in [1.82, 2.24) is 10.2 Å². The van der Waals surface area contributed by atoms with Gasteiger partial charge < -0.3 is 52.8 Å². The van der Waals surface area contributed by atoms with Crippen LogP contribution in [0.1, 0.15) is 121 Å². The Labute approximate surface area is 397 Å². The van der Waals surface area contributed by atoms with E-state index in [0.29, 0.717) is 84.5 Å². The fraction of sp³-hybridized carbons (Fsp3) is 0.566. The zero-order chi connectivity index (χ0) is 48.3. The molecule has 5 atom stereocenters. The van der Waals surface area contributed by atoms with Crippen molar-refractivity contribution in [3.63, 3.8) is 0 Å². The number of nitrogens with one attached hydrogen (secondary N) is 1. The third-order valence-electron chi connectivity index (χ3n) is 12.7. The van der Waals surface area contributed by atoms with Gasteiger partial charge in [0.2, 0.25) is 11.7 Å². The molecule has 368 valence electrons. The Morgan fingerprint density at radius 2 is 1.51 bits per heavy atom. The number of hydrogen-bond acceptors (Lipinski definition) is 12. The van der Waals surface area contributed by atoms with Crippen molar-refractivity contribution in [2.75, 3.05) is 61.9 Å². The number of allylic oxidation sites excluding steroid dienone is 2. The molecule has 0 radical (unpaired) electrons. The molecule has 14 heteroatoms. The van der Waals surface area contributed by atoms with Gasteiger partial charge in [-0.15, -0.1) is 0 Å². The summed E-state index contributed by atoms with van der Waals surface area (Å²) in [7, 11) is 7.79. The summed E-state index contributed by atoms with van der Waals surface area (Å²) >= 11 is 0. The second-order valence-corrected chi connectivity index (χ2v) is 17.5. The topological polar surface area (TPSA) is 150 Å². The molecular weight excluding hydrogens is 857 g/mol. The van der Waals surface area contributed by atoms with Crippen LogP contribution in [-0.4, -0.2) is 108 Å². The van der Waals surface area contributed by atoms with Crippen molar-refractivity contribution < 1.29 is 57.0 Å². The fourth-order valence-corrected chi connectivity index (χ4v) is 8.97. The number of piperidine rings is 1. The molecule has 2 aliphatic rings. The number of nitrogens with zero attached hydrogens (tertiary/aromatic N) is 1. The number of likely N-dealkylation sites (tertiary alicyclic amines) is 1. The molecule has 0 aromatic heterocycles. The highest BCUT2D eigenvalue weighted by Crippen LogP contribution is 2.42. The fourth-order valence-electron chi connectivity index (χ4n) is 8.97. The first-order valence-corrected chi connectivity index (χ1v) is 23.9. The Bertz CT molecular complexity index is 2060. The van der Waals surface area contributed by atoms with E-state index in [1.807, 2.05) is 58.0 Å². The lowest BCUT2D eigenvalue weighted by atomic mass is 9.91. The molecule has 67 heavy (non-hydrogen) atoms. The van der Waals surface area contributed by atoms with E-state index in [-0.39, 0.29) is 37.2 Å². The van der Waals surface area contributed by atoms with Crippen LogP contribution in [0, 0.1) is 0 Å². The normalized spacial score (nSPS) is 18.3. The number of ether oxygens (including phenoxy) is 9. The number of rotatable bonds is 24. The quantitative estimate of drug-likeness (QED) is 0.0675. The molecule has 2 unspecified atom stereocenters. The van der Waals surface area contributed by atoms with Crippen LogP contribution in [0.4, 0.5) is 0 Å². The zero-order valence-corrected chi connectivity index (χ0v) is 41.2. The predicted molar refractivity (Wildman–Crippen MR) is 257 cm³/mol. The molecule has 2 amide bonds. The van der Waals surface area contributed by atoms with Gasteiger partial charge in [0.25, 0.3) is 5.91 Å². The first kappa shape index (κ1) is 52.5. The van der Waals surface area contributed by atoms with Crippen LogP contribution >= 0.6 is 0 Å². The minimum Gasteiger partial charge on any atom is -0.493 e.